The van der Waals surface area contributed by atoms with E-state index >= 15 is 0 Å². The second-order valence-electron chi connectivity index (χ2n) is 1.74. The molecule has 46 valence electrons. The van der Waals surface area contributed by atoms with E-state index in [9.17, 15) is 0 Å². The molecule has 0 aliphatic rings. The summed E-state index contributed by atoms with van der Waals surface area (Å²) in [6.45, 7) is 0. The van der Waals surface area contributed by atoms with E-state index in [1.807, 2.05) is 11.4 Å². The van der Waals surface area contributed by atoms with Crippen molar-refractivity contribution >= 4 is 33.9 Å². The van der Waals surface area contributed by atoms with E-state index in [0.717, 1.165) is 10.3 Å². The van der Waals surface area contributed by atoms with Gasteiger partial charge < -0.3 is 9.97 Å². The van der Waals surface area contributed by atoms with E-state index in [1.54, 1.807) is 11.3 Å². The lowest BCUT2D eigenvalue weighted by Gasteiger charge is -1.65. The summed E-state index contributed by atoms with van der Waals surface area (Å²) in [5.41, 5.74) is 1.10. The van der Waals surface area contributed by atoms with Gasteiger partial charge in [-0.15, -0.1) is 11.3 Å². The highest BCUT2D eigenvalue weighted by atomic mass is 32.1. The fraction of sp³-hybridized carbons (Fsp3) is 0. The van der Waals surface area contributed by atoms with E-state index in [2.05, 4.69) is 9.97 Å². The highest BCUT2D eigenvalue weighted by Crippen LogP contribution is 2.15. The summed E-state index contributed by atoms with van der Waals surface area (Å²) in [5.74, 6) is 0. The summed E-state index contributed by atoms with van der Waals surface area (Å²) in [7, 11) is 0. The summed E-state index contributed by atoms with van der Waals surface area (Å²) in [4.78, 5) is 7.15. The monoisotopic (exact) mass is 156 g/mol. The zero-order chi connectivity index (χ0) is 6.27. The van der Waals surface area contributed by atoms with Gasteiger partial charge in [-0.2, -0.15) is 0 Å². The summed E-state index contributed by atoms with van der Waals surface area (Å²) < 4.78 is 0.705. The quantitative estimate of drug-likeness (QED) is 0.563. The van der Waals surface area contributed by atoms with Crippen LogP contribution < -0.4 is 0 Å². The van der Waals surface area contributed by atoms with Crippen LogP contribution in [0.25, 0.3) is 10.3 Å². The van der Waals surface area contributed by atoms with Crippen molar-refractivity contribution in [3.05, 3.63) is 16.2 Å². The van der Waals surface area contributed by atoms with Crippen LogP contribution in [0.4, 0.5) is 0 Å². The first-order valence-corrected chi connectivity index (χ1v) is 3.80. The summed E-state index contributed by atoms with van der Waals surface area (Å²) >= 11 is 6.52. The lowest BCUT2D eigenvalue weighted by Crippen LogP contribution is -1.57. The number of rotatable bonds is 0. The topological polar surface area (TPSA) is 31.6 Å². The van der Waals surface area contributed by atoms with Crippen LogP contribution in [0.15, 0.2) is 11.4 Å². The van der Waals surface area contributed by atoms with Crippen LogP contribution in [0.3, 0.4) is 0 Å². The third kappa shape index (κ3) is 0.710. The molecule has 0 fully saturated rings. The van der Waals surface area contributed by atoms with Gasteiger partial charge in [0.1, 0.15) is 4.83 Å². The Morgan fingerprint density at radius 2 is 2.33 bits per heavy atom. The minimum absolute atomic E-state index is 0.705. The van der Waals surface area contributed by atoms with E-state index < -0.39 is 0 Å². The molecule has 0 saturated heterocycles. The maximum Gasteiger partial charge on any atom is 0.176 e. The van der Waals surface area contributed by atoms with Crippen LogP contribution in [0.1, 0.15) is 0 Å². The Morgan fingerprint density at radius 3 is 3.11 bits per heavy atom. The van der Waals surface area contributed by atoms with Crippen molar-refractivity contribution in [2.45, 2.75) is 0 Å². The molecule has 2 nitrogen and oxygen atoms in total. The van der Waals surface area contributed by atoms with Crippen LogP contribution in [0, 0.1) is 4.77 Å². The Balaban J connectivity index is 3.08. The predicted octanol–water partition coefficient (Wildman–Crippen LogP) is 2.29. The van der Waals surface area contributed by atoms with Crippen LogP contribution in [0.5, 0.6) is 0 Å². The Kier molecular flexibility index (Phi) is 0.972. The second kappa shape index (κ2) is 1.68. The van der Waals surface area contributed by atoms with E-state index in [-0.39, 0.29) is 0 Å². The molecule has 0 unspecified atom stereocenters. The highest BCUT2D eigenvalue weighted by molar-refractivity contribution is 7.71. The average Bonchev–Trinajstić information content (AvgIpc) is 2.22. The van der Waals surface area contributed by atoms with Gasteiger partial charge in [0, 0.05) is 0 Å². The van der Waals surface area contributed by atoms with Gasteiger partial charge >= 0.3 is 0 Å². The highest BCUT2D eigenvalue weighted by Gasteiger charge is 1.92. The molecule has 9 heavy (non-hydrogen) atoms. The van der Waals surface area contributed by atoms with E-state index in [1.165, 1.54) is 0 Å². The number of thiophene rings is 1. The first kappa shape index (κ1) is 5.20. The van der Waals surface area contributed by atoms with Gasteiger partial charge in [-0.1, -0.05) is 0 Å². The number of aromatic nitrogens is 2. The Hall–Kier alpha value is -0.610. The Morgan fingerprint density at radius 1 is 1.44 bits per heavy atom. The average molecular weight is 156 g/mol. The molecule has 0 saturated carbocycles. The fourth-order valence-corrected chi connectivity index (χ4v) is 1.79. The summed E-state index contributed by atoms with van der Waals surface area (Å²) in [5, 5.41) is 2.02. The lowest BCUT2D eigenvalue weighted by atomic mass is 10.6. The molecule has 0 aliphatic heterocycles. The molecular formula is C5H4N2S2. The van der Waals surface area contributed by atoms with Gasteiger partial charge in [0.15, 0.2) is 4.77 Å². The zero-order valence-electron chi connectivity index (χ0n) is 4.47. The van der Waals surface area contributed by atoms with Crippen LogP contribution in [0.2, 0.25) is 0 Å². The SMILES string of the molecule is S=c1[nH]c2ccsc2[nH]1. The molecule has 0 aromatic carbocycles. The fourth-order valence-electron chi connectivity index (χ4n) is 0.761. The summed E-state index contributed by atoms with van der Waals surface area (Å²) in [6.07, 6.45) is 0. The molecule has 0 amide bonds. The molecule has 0 spiro atoms. The Labute approximate surface area is 60.5 Å². The van der Waals surface area contributed by atoms with Crippen molar-refractivity contribution in [3.63, 3.8) is 0 Å². The first-order chi connectivity index (χ1) is 4.36. The normalized spacial score (nSPS) is 10.7. The van der Waals surface area contributed by atoms with Gasteiger partial charge in [0.2, 0.25) is 0 Å². The van der Waals surface area contributed by atoms with E-state index in [4.69, 9.17) is 12.2 Å². The van der Waals surface area contributed by atoms with Crippen LogP contribution >= 0.6 is 23.6 Å². The number of aromatic amines is 2. The van der Waals surface area contributed by atoms with Gasteiger partial charge in [0.05, 0.1) is 5.52 Å². The molecule has 2 rings (SSSR count). The van der Waals surface area contributed by atoms with Crippen molar-refractivity contribution in [1.29, 1.82) is 0 Å². The van der Waals surface area contributed by atoms with Crippen molar-refractivity contribution in [2.24, 2.45) is 0 Å². The van der Waals surface area contributed by atoms with Crippen molar-refractivity contribution in [2.75, 3.05) is 0 Å². The molecule has 2 heterocycles. The van der Waals surface area contributed by atoms with Crippen molar-refractivity contribution < 1.29 is 0 Å². The van der Waals surface area contributed by atoms with Crippen molar-refractivity contribution in [3.8, 4) is 0 Å². The smallest absolute Gasteiger partial charge is 0.176 e. The number of fused-ring (bicyclic) bond motifs is 1. The molecule has 2 N–H and O–H groups in total. The molecule has 0 atom stereocenters. The van der Waals surface area contributed by atoms with E-state index in [0.29, 0.717) is 4.77 Å². The standard InChI is InChI=1S/C5H4N2S2/c8-5-6-3-1-2-9-4(3)7-5/h1-2H,(H2,6,7,8). The first-order valence-electron chi connectivity index (χ1n) is 2.52. The lowest BCUT2D eigenvalue weighted by molar-refractivity contribution is 1.30. The maximum absolute atomic E-state index is 4.86. The minimum atomic E-state index is 0.705. The van der Waals surface area contributed by atoms with Gasteiger partial charge in [-0.3, -0.25) is 0 Å². The molecular weight excluding hydrogens is 152 g/mol. The number of hydrogen-bond acceptors (Lipinski definition) is 2. The zero-order valence-corrected chi connectivity index (χ0v) is 6.10. The second-order valence-corrected chi connectivity index (χ2v) is 3.07. The Bertz CT molecular complexity index is 336. The number of H-pyrrole nitrogens is 2. The van der Waals surface area contributed by atoms with Crippen molar-refractivity contribution in [1.82, 2.24) is 9.97 Å². The molecule has 0 radical (unpaired) electrons. The molecule has 0 aliphatic carbocycles. The number of nitrogens with one attached hydrogen (secondary N) is 2. The third-order valence-corrected chi connectivity index (χ3v) is 2.17. The van der Waals surface area contributed by atoms with Gasteiger partial charge in [-0.25, -0.2) is 0 Å². The van der Waals surface area contributed by atoms with Crippen LogP contribution in [-0.4, -0.2) is 9.97 Å². The number of imidazole rings is 1. The number of hydrogen-bond donors (Lipinski definition) is 2. The van der Waals surface area contributed by atoms with Gasteiger partial charge in [-0.05, 0) is 23.7 Å². The largest absolute Gasteiger partial charge is 0.330 e. The maximum atomic E-state index is 4.86. The summed E-state index contributed by atoms with van der Waals surface area (Å²) in [6, 6.07) is 2.01. The minimum Gasteiger partial charge on any atom is -0.330 e. The molecule has 2 aromatic rings. The molecule has 2 aromatic heterocycles. The third-order valence-electron chi connectivity index (χ3n) is 1.14. The van der Waals surface area contributed by atoms with Crippen LogP contribution in [-0.2, 0) is 0 Å². The van der Waals surface area contributed by atoms with Gasteiger partial charge in [0.25, 0.3) is 0 Å². The molecule has 0 bridgehead atoms. The molecule has 4 heteroatoms. The predicted molar refractivity (Wildman–Crippen MR) is 41.4 cm³/mol.